The van der Waals surface area contributed by atoms with E-state index < -0.39 is 56.2 Å². The minimum absolute atomic E-state index is 0. The van der Waals surface area contributed by atoms with E-state index in [0.29, 0.717) is 6.54 Å². The molecule has 0 unspecified atom stereocenters. The van der Waals surface area contributed by atoms with Crippen LogP contribution >= 0.6 is 0 Å². The summed E-state index contributed by atoms with van der Waals surface area (Å²) in [4.78, 5) is 44.4. The molecule has 0 aliphatic carbocycles. The van der Waals surface area contributed by atoms with E-state index in [9.17, 15) is 19.2 Å². The van der Waals surface area contributed by atoms with Crippen molar-refractivity contribution in [3.63, 3.8) is 0 Å². The minimum atomic E-state index is -1.23. The second-order valence-corrected chi connectivity index (χ2v) is 5.84. The Morgan fingerprint density at radius 2 is 0.912 bits per heavy atom. The molecule has 0 aliphatic heterocycles. The molecule has 0 aromatic carbocycles. The van der Waals surface area contributed by atoms with Crippen LogP contribution in [-0.2, 0) is 19.2 Å². The zero-order valence-corrected chi connectivity index (χ0v) is 18.5. The maximum atomic E-state index is 10.6. The summed E-state index contributed by atoms with van der Waals surface area (Å²) >= 11 is 0. The van der Waals surface area contributed by atoms with Crippen molar-refractivity contribution in [1.82, 2.24) is 9.80 Å². The number of carboxylic acids is 4. The van der Waals surface area contributed by atoms with Gasteiger partial charge in [0, 0.05) is 26.2 Å². The number of nitrogens with two attached hydrogens (primary N) is 1. The molecule has 0 aliphatic rings. The van der Waals surface area contributed by atoms with Crippen molar-refractivity contribution in [2.45, 2.75) is 13.0 Å². The summed E-state index contributed by atoms with van der Waals surface area (Å²) in [5.41, 5.74) is 4.78. The van der Waals surface area contributed by atoms with E-state index >= 15 is 0 Å². The number of aliphatic hydroxyl groups excluding tert-OH is 5. The molecule has 17 heteroatoms. The predicted octanol–water partition coefficient (Wildman–Crippen LogP) is -5.45. The zero-order chi connectivity index (χ0) is 26.8. The predicted molar refractivity (Wildman–Crippen MR) is 120 cm³/mol. The first-order valence-electron chi connectivity index (χ1n) is 9.48. The van der Waals surface area contributed by atoms with Gasteiger partial charge < -0.3 is 51.7 Å². The van der Waals surface area contributed by atoms with Crippen molar-refractivity contribution in [2.75, 3.05) is 72.2 Å². The van der Waals surface area contributed by atoms with Crippen molar-refractivity contribution in [3.8, 4) is 0 Å². The van der Waals surface area contributed by atoms with Crippen LogP contribution < -0.4 is 5.73 Å². The van der Waals surface area contributed by atoms with E-state index in [0.717, 1.165) is 9.80 Å². The van der Waals surface area contributed by atoms with Gasteiger partial charge >= 0.3 is 53.4 Å². The normalized spacial score (nSPS) is 9.47. The number of rotatable bonds is 14. The molecular formula is C17H38N3NaO13. The summed E-state index contributed by atoms with van der Waals surface area (Å²) in [6.45, 7) is -0.577. The number of hydrogen-bond donors (Lipinski definition) is 10. The number of carboxylic acid groups (broad SMARTS) is 4. The van der Waals surface area contributed by atoms with Crippen LogP contribution in [0.4, 0.5) is 0 Å². The third-order valence-corrected chi connectivity index (χ3v) is 2.72. The zero-order valence-electron chi connectivity index (χ0n) is 18.5. The summed E-state index contributed by atoms with van der Waals surface area (Å²) in [6, 6.07) is 0. The quantitative estimate of drug-likeness (QED) is 0.0965. The van der Waals surface area contributed by atoms with Gasteiger partial charge in [-0.2, -0.15) is 0 Å². The molecule has 11 N–H and O–H groups in total. The van der Waals surface area contributed by atoms with Crippen LogP contribution in [0.2, 0.25) is 0 Å². The summed E-state index contributed by atoms with van der Waals surface area (Å²) in [5.74, 6) is -4.91. The second-order valence-electron chi connectivity index (χ2n) is 5.84. The molecule has 0 amide bonds. The molecule has 0 atom stereocenters. The molecule has 0 radical (unpaired) electrons. The van der Waals surface area contributed by atoms with Crippen molar-refractivity contribution < 1.29 is 65.1 Å². The maximum absolute atomic E-state index is 10.6. The summed E-state index contributed by atoms with van der Waals surface area (Å²) in [6.07, 6.45) is -0.954. The average molecular weight is 515 g/mol. The Balaban J connectivity index is -0.000000164. The van der Waals surface area contributed by atoms with E-state index in [1.54, 1.807) is 6.92 Å². The number of hydrogen-bond acceptors (Lipinski definition) is 12. The molecule has 0 spiro atoms. The van der Waals surface area contributed by atoms with E-state index in [4.69, 9.17) is 51.7 Å². The number of aliphatic carboxylic acids is 4. The van der Waals surface area contributed by atoms with Crippen LogP contribution in [-0.4, -0.2) is 188 Å². The van der Waals surface area contributed by atoms with Crippen LogP contribution in [0.1, 0.15) is 6.92 Å². The van der Waals surface area contributed by atoms with Crippen LogP contribution in [0.15, 0.2) is 0 Å². The molecule has 0 saturated heterocycles. The molecule has 0 rings (SSSR count). The molecule has 0 saturated carbocycles. The van der Waals surface area contributed by atoms with Gasteiger partial charge in [0.1, 0.15) is 6.10 Å². The Hall–Kier alpha value is -1.44. The Morgan fingerprint density at radius 1 is 0.706 bits per heavy atom. The van der Waals surface area contributed by atoms with Gasteiger partial charge in [0.05, 0.1) is 46.0 Å². The molecule has 34 heavy (non-hydrogen) atoms. The monoisotopic (exact) mass is 515 g/mol. The van der Waals surface area contributed by atoms with Gasteiger partial charge in [-0.1, -0.05) is 0 Å². The molecule has 0 bridgehead atoms. The van der Waals surface area contributed by atoms with Crippen LogP contribution in [0.3, 0.4) is 0 Å². The number of carbonyl (C=O) groups is 4. The fraction of sp³-hybridized carbons (Fsp3) is 0.765. The molecular weight excluding hydrogens is 477 g/mol. The Morgan fingerprint density at radius 3 is 1.00 bits per heavy atom. The van der Waals surface area contributed by atoms with Crippen LogP contribution in [0, 0.1) is 0 Å². The van der Waals surface area contributed by atoms with Gasteiger partial charge in [-0.25, -0.2) is 0 Å². The fourth-order valence-corrected chi connectivity index (χ4v) is 1.53. The third-order valence-electron chi connectivity index (χ3n) is 2.72. The first-order valence-corrected chi connectivity index (χ1v) is 9.48. The van der Waals surface area contributed by atoms with Gasteiger partial charge in [-0.3, -0.25) is 29.0 Å². The molecule has 0 fully saturated rings. The van der Waals surface area contributed by atoms with E-state index in [1.165, 1.54) is 0 Å². The first-order chi connectivity index (χ1) is 15.3. The molecule has 0 aromatic heterocycles. The van der Waals surface area contributed by atoms with Gasteiger partial charge in [0.15, 0.2) is 0 Å². The van der Waals surface area contributed by atoms with Crippen LogP contribution in [0.25, 0.3) is 0 Å². The standard InChI is InChI=1S/C10H16N2O8.C3H8O3.C2H7NO.C2H6O.Na.H/c13-7(14)3-11(4-8(15)16)1-2-12(5-9(17)18)6-10(19)20;4-1-3(6)2-5;3-1-2-4;1-2-3;;/h1-6H2,(H,13,14)(H,15,16)(H,17,18)(H,19,20);3-6H,1-2H2;4H,1-3H2;3H,2H2,1H3;;. The molecule has 0 aromatic rings. The van der Waals surface area contributed by atoms with Gasteiger partial charge in [0.2, 0.25) is 0 Å². The van der Waals surface area contributed by atoms with Gasteiger partial charge in [0.25, 0.3) is 0 Å². The first kappa shape index (κ1) is 42.7. The number of aliphatic hydroxyl groups is 5. The van der Waals surface area contributed by atoms with E-state index in [1.807, 2.05) is 0 Å². The SMILES string of the molecule is CCO.NCCO.O=C(O)CN(CCN(CC(=O)O)CC(=O)O)CC(=O)O.OCC(O)CO.[NaH]. The Kier molecular flexibility index (Phi) is 39.6. The Labute approximate surface area is 219 Å². The van der Waals surface area contributed by atoms with E-state index in [2.05, 4.69) is 0 Å². The van der Waals surface area contributed by atoms with Crippen molar-refractivity contribution in [3.05, 3.63) is 0 Å². The van der Waals surface area contributed by atoms with Crippen LogP contribution in [0.5, 0.6) is 0 Å². The topological polar surface area (TPSA) is 283 Å². The van der Waals surface area contributed by atoms with Crippen molar-refractivity contribution in [2.24, 2.45) is 5.73 Å². The fourth-order valence-electron chi connectivity index (χ4n) is 1.53. The van der Waals surface area contributed by atoms with Gasteiger partial charge in [-0.15, -0.1) is 0 Å². The van der Waals surface area contributed by atoms with Gasteiger partial charge in [-0.05, 0) is 6.92 Å². The summed E-state index contributed by atoms with van der Waals surface area (Å²) < 4.78 is 0. The second kappa shape index (κ2) is 31.6. The Bertz CT molecular complexity index is 441. The summed E-state index contributed by atoms with van der Waals surface area (Å²) in [7, 11) is 0. The average Bonchev–Trinajstić information content (AvgIpc) is 2.70. The molecule has 0 heterocycles. The van der Waals surface area contributed by atoms with E-state index in [-0.39, 0.29) is 69.1 Å². The summed E-state index contributed by atoms with van der Waals surface area (Å²) in [5, 5.41) is 73.8. The number of nitrogens with zero attached hydrogens (tertiary/aromatic N) is 2. The molecule has 200 valence electrons. The third kappa shape index (κ3) is 44.3. The molecule has 16 nitrogen and oxygen atoms in total. The van der Waals surface area contributed by atoms with Crippen molar-refractivity contribution >= 4 is 53.4 Å². The van der Waals surface area contributed by atoms with Crippen molar-refractivity contribution in [1.29, 1.82) is 0 Å².